The van der Waals surface area contributed by atoms with E-state index >= 15 is 0 Å². The highest BCUT2D eigenvalue weighted by molar-refractivity contribution is 6.43. The quantitative estimate of drug-likeness (QED) is 0.397. The number of halogens is 2. The molecule has 0 bridgehead atoms. The predicted octanol–water partition coefficient (Wildman–Crippen LogP) is 5.84. The van der Waals surface area contributed by atoms with Crippen LogP contribution in [-0.2, 0) is 6.42 Å². The highest BCUT2D eigenvalue weighted by atomic mass is 35.5. The van der Waals surface area contributed by atoms with E-state index in [4.69, 9.17) is 23.2 Å². The van der Waals surface area contributed by atoms with Gasteiger partial charge in [0.05, 0.1) is 21.7 Å². The Kier molecular flexibility index (Phi) is 7.96. The summed E-state index contributed by atoms with van der Waals surface area (Å²) in [6.45, 7) is 2.71. The third kappa shape index (κ3) is 5.91. The number of benzene rings is 2. The largest absolute Gasteiger partial charge is 0.371 e. The lowest BCUT2D eigenvalue weighted by atomic mass is 9.93. The summed E-state index contributed by atoms with van der Waals surface area (Å²) in [7, 11) is 0. The topological polar surface area (TPSA) is 74.3 Å². The molecule has 0 saturated carbocycles. The molecule has 2 amide bonds. The van der Waals surface area contributed by atoms with E-state index in [0.717, 1.165) is 56.3 Å². The van der Waals surface area contributed by atoms with E-state index in [0.29, 0.717) is 28.6 Å². The van der Waals surface area contributed by atoms with Crippen LogP contribution >= 0.6 is 23.2 Å². The number of aromatic nitrogens is 1. The average Bonchev–Trinajstić information content (AvgIpc) is 3.32. The molecule has 1 aliphatic heterocycles. The van der Waals surface area contributed by atoms with Crippen LogP contribution in [0.2, 0.25) is 10.0 Å². The Bertz CT molecular complexity index is 1280. The first-order chi connectivity index (χ1) is 18.0. The van der Waals surface area contributed by atoms with Gasteiger partial charge in [0.25, 0.3) is 11.8 Å². The molecule has 1 aliphatic carbocycles. The highest BCUT2D eigenvalue weighted by Crippen LogP contribution is 2.33. The predicted molar refractivity (Wildman–Crippen MR) is 148 cm³/mol. The second-order valence-corrected chi connectivity index (χ2v) is 10.5. The molecule has 0 spiro atoms. The molecule has 37 heavy (non-hydrogen) atoms. The van der Waals surface area contributed by atoms with E-state index in [2.05, 4.69) is 32.7 Å². The zero-order chi connectivity index (χ0) is 25.8. The van der Waals surface area contributed by atoms with Crippen LogP contribution in [0.25, 0.3) is 0 Å². The Morgan fingerprint density at radius 3 is 2.54 bits per heavy atom. The second kappa shape index (κ2) is 11.5. The summed E-state index contributed by atoms with van der Waals surface area (Å²) in [5.74, 6) is 0.262. The molecule has 1 saturated heterocycles. The molecular formula is C29H30Cl2N4O2. The molecule has 1 aromatic heterocycles. The van der Waals surface area contributed by atoms with Crippen molar-refractivity contribution in [2.24, 2.45) is 5.92 Å². The molecule has 2 heterocycles. The zero-order valence-corrected chi connectivity index (χ0v) is 22.1. The third-order valence-electron chi connectivity index (χ3n) is 7.47. The number of nitrogens with zero attached hydrogens (tertiary/aromatic N) is 2. The Balaban J connectivity index is 1.13. The number of nitrogens with one attached hydrogen (secondary N) is 2. The normalized spacial score (nSPS) is 17.4. The highest BCUT2D eigenvalue weighted by Gasteiger charge is 2.26. The molecular weight excluding hydrogens is 507 g/mol. The Morgan fingerprint density at radius 1 is 0.973 bits per heavy atom. The van der Waals surface area contributed by atoms with Crippen molar-refractivity contribution in [1.82, 2.24) is 15.6 Å². The first-order valence-electron chi connectivity index (χ1n) is 12.8. The van der Waals surface area contributed by atoms with Crippen LogP contribution in [0.15, 0.2) is 60.9 Å². The van der Waals surface area contributed by atoms with Gasteiger partial charge in [-0.25, -0.2) is 0 Å². The van der Waals surface area contributed by atoms with Crippen LogP contribution in [0.1, 0.15) is 63.6 Å². The maximum absolute atomic E-state index is 12.9. The van der Waals surface area contributed by atoms with Crippen molar-refractivity contribution in [2.75, 3.05) is 24.5 Å². The number of hydrogen-bond donors (Lipinski definition) is 2. The fourth-order valence-electron chi connectivity index (χ4n) is 5.34. The Morgan fingerprint density at radius 2 is 1.76 bits per heavy atom. The number of carbonyl (C=O) groups excluding carboxylic acids is 2. The summed E-state index contributed by atoms with van der Waals surface area (Å²) in [6, 6.07) is 14.7. The van der Waals surface area contributed by atoms with Gasteiger partial charge in [0, 0.05) is 43.3 Å². The summed E-state index contributed by atoms with van der Waals surface area (Å²) in [5, 5.41) is 6.75. The minimum Gasteiger partial charge on any atom is -0.371 e. The van der Waals surface area contributed by atoms with E-state index in [1.165, 1.54) is 5.69 Å². The molecule has 6 nitrogen and oxygen atoms in total. The molecule has 1 atom stereocenters. The molecule has 1 unspecified atom stereocenters. The summed E-state index contributed by atoms with van der Waals surface area (Å²) in [4.78, 5) is 32.3. The van der Waals surface area contributed by atoms with Crippen molar-refractivity contribution in [2.45, 2.75) is 38.1 Å². The Hall–Kier alpha value is -3.09. The van der Waals surface area contributed by atoms with Gasteiger partial charge in [0.15, 0.2) is 0 Å². The van der Waals surface area contributed by atoms with Gasteiger partial charge in [-0.3, -0.25) is 14.6 Å². The summed E-state index contributed by atoms with van der Waals surface area (Å²) < 4.78 is 0. The van der Waals surface area contributed by atoms with Gasteiger partial charge in [-0.1, -0.05) is 35.3 Å². The van der Waals surface area contributed by atoms with E-state index in [1.54, 1.807) is 18.2 Å². The van der Waals surface area contributed by atoms with Gasteiger partial charge >= 0.3 is 0 Å². The Labute approximate surface area is 227 Å². The van der Waals surface area contributed by atoms with Crippen LogP contribution in [-0.4, -0.2) is 36.4 Å². The van der Waals surface area contributed by atoms with Gasteiger partial charge in [0.1, 0.15) is 0 Å². The number of aryl methyl sites for hydroxylation is 1. The van der Waals surface area contributed by atoms with Crippen LogP contribution in [0.4, 0.5) is 5.69 Å². The molecule has 0 radical (unpaired) electrons. The van der Waals surface area contributed by atoms with Crippen molar-refractivity contribution < 1.29 is 9.59 Å². The monoisotopic (exact) mass is 536 g/mol. The molecule has 192 valence electrons. The fourth-order valence-corrected chi connectivity index (χ4v) is 5.72. The van der Waals surface area contributed by atoms with E-state index in [-0.39, 0.29) is 22.9 Å². The second-order valence-electron chi connectivity index (χ2n) is 9.76. The van der Waals surface area contributed by atoms with Gasteiger partial charge in [-0.15, -0.1) is 0 Å². The molecule has 5 rings (SSSR count). The van der Waals surface area contributed by atoms with Crippen LogP contribution in [0.5, 0.6) is 0 Å². The average molecular weight is 537 g/mol. The molecule has 8 heteroatoms. The third-order valence-corrected chi connectivity index (χ3v) is 8.29. The van der Waals surface area contributed by atoms with Crippen molar-refractivity contribution in [3.05, 3.63) is 93.2 Å². The first kappa shape index (κ1) is 25.6. The maximum Gasteiger partial charge on any atom is 0.253 e. The maximum atomic E-state index is 12.9. The number of carbonyl (C=O) groups is 2. The van der Waals surface area contributed by atoms with E-state index < -0.39 is 0 Å². The molecule has 2 aromatic carbocycles. The first-order valence-corrected chi connectivity index (χ1v) is 13.6. The lowest BCUT2D eigenvalue weighted by molar-refractivity contribution is 0.0935. The van der Waals surface area contributed by atoms with Crippen LogP contribution in [0.3, 0.4) is 0 Å². The number of fused-ring (bicyclic) bond motifs is 1. The van der Waals surface area contributed by atoms with Crippen molar-refractivity contribution in [3.8, 4) is 0 Å². The van der Waals surface area contributed by atoms with E-state index in [9.17, 15) is 9.59 Å². The van der Waals surface area contributed by atoms with Gasteiger partial charge in [0.2, 0.25) is 0 Å². The number of rotatable bonds is 7. The summed E-state index contributed by atoms with van der Waals surface area (Å²) in [6.07, 6.45) is 8.51. The number of anilines is 1. The molecule has 3 aromatic rings. The fraction of sp³-hybridized carbons (Fsp3) is 0.345. The van der Waals surface area contributed by atoms with Gasteiger partial charge in [-0.05, 0) is 85.5 Å². The number of amides is 2. The zero-order valence-electron chi connectivity index (χ0n) is 20.6. The van der Waals surface area contributed by atoms with Crippen LogP contribution < -0.4 is 15.5 Å². The summed E-state index contributed by atoms with van der Waals surface area (Å²) >= 11 is 12.3. The van der Waals surface area contributed by atoms with E-state index in [1.807, 2.05) is 30.6 Å². The minimum absolute atomic E-state index is 0.0770. The van der Waals surface area contributed by atoms with Crippen molar-refractivity contribution in [3.63, 3.8) is 0 Å². The standard InChI is InChI=1S/C29H30Cl2N4O2/c30-25-3-1-2-23(27(25)31)29(37)34-26-7-6-20-4-5-21(18-24(20)26)28(36)33-15-8-19-11-16-35(17-12-19)22-9-13-32-14-10-22/h1-5,9-10,13-14,18-19,26H,6-8,11-12,15-17H2,(H,33,36)(H,34,37). The molecule has 2 aliphatic rings. The minimum atomic E-state index is -0.268. The van der Waals surface area contributed by atoms with Gasteiger partial charge < -0.3 is 15.5 Å². The number of hydrogen-bond acceptors (Lipinski definition) is 4. The lowest BCUT2D eigenvalue weighted by Crippen LogP contribution is -2.35. The number of pyridine rings is 1. The molecule has 1 fully saturated rings. The molecule has 2 N–H and O–H groups in total. The van der Waals surface area contributed by atoms with Crippen LogP contribution in [0, 0.1) is 5.92 Å². The summed E-state index contributed by atoms with van der Waals surface area (Å²) in [5.41, 5.74) is 4.34. The van der Waals surface area contributed by atoms with Crippen molar-refractivity contribution in [1.29, 1.82) is 0 Å². The van der Waals surface area contributed by atoms with Gasteiger partial charge in [-0.2, -0.15) is 0 Å². The number of piperidine rings is 1. The lowest BCUT2D eigenvalue weighted by Gasteiger charge is -2.33. The SMILES string of the molecule is O=C(NCCC1CCN(c2ccncc2)CC1)c1ccc2c(c1)C(NC(=O)c1cccc(Cl)c1Cl)CC2. The van der Waals surface area contributed by atoms with Crippen molar-refractivity contribution >= 4 is 40.7 Å². The smallest absolute Gasteiger partial charge is 0.253 e.